The van der Waals surface area contributed by atoms with Crippen molar-refractivity contribution < 1.29 is 9.72 Å². The number of aryl methyl sites for hydroxylation is 1. The maximum atomic E-state index is 12.0. The molecule has 0 radical (unpaired) electrons. The highest BCUT2D eigenvalue weighted by atomic mass is 16.6. The average Bonchev–Trinajstić information content (AvgIpc) is 2.59. The van der Waals surface area contributed by atoms with E-state index in [1.165, 1.54) is 12.1 Å². The number of hydrogen-bond acceptors (Lipinski definition) is 4. The molecule has 6 heteroatoms. The summed E-state index contributed by atoms with van der Waals surface area (Å²) in [5, 5.41) is 16.9. The Kier molecular flexibility index (Phi) is 6.31. The number of benzene rings is 2. The fourth-order valence-electron chi connectivity index (χ4n) is 2.31. The van der Waals surface area contributed by atoms with Crippen molar-refractivity contribution in [3.63, 3.8) is 0 Å². The van der Waals surface area contributed by atoms with Gasteiger partial charge in [-0.05, 0) is 31.0 Å². The third kappa shape index (κ3) is 5.72. The predicted octanol–water partition coefficient (Wildman–Crippen LogP) is 3.14. The first-order valence-electron chi connectivity index (χ1n) is 7.86. The summed E-state index contributed by atoms with van der Waals surface area (Å²) in [6.45, 7) is 2.56. The molecule has 0 bridgehead atoms. The van der Waals surface area contributed by atoms with Gasteiger partial charge in [0.15, 0.2) is 0 Å². The summed E-state index contributed by atoms with van der Waals surface area (Å²) in [5.74, 6) is -0.0659. The van der Waals surface area contributed by atoms with Crippen LogP contribution in [0, 0.1) is 10.1 Å². The number of nitro benzene ring substituents is 1. The molecule has 0 unspecified atom stereocenters. The lowest BCUT2D eigenvalue weighted by Crippen LogP contribution is -2.37. The molecule has 0 fully saturated rings. The van der Waals surface area contributed by atoms with E-state index >= 15 is 0 Å². The second-order valence-electron chi connectivity index (χ2n) is 5.64. The molecule has 0 aliphatic heterocycles. The number of carbonyl (C=O) groups is 1. The third-order valence-electron chi connectivity index (χ3n) is 3.56. The number of nitro groups is 1. The molecule has 2 aromatic carbocycles. The Bertz CT molecular complexity index is 689. The summed E-state index contributed by atoms with van der Waals surface area (Å²) in [6, 6.07) is 16.2. The number of nitrogens with one attached hydrogen (secondary N) is 2. The minimum atomic E-state index is -0.430. The van der Waals surface area contributed by atoms with E-state index in [-0.39, 0.29) is 17.6 Å². The summed E-state index contributed by atoms with van der Waals surface area (Å²) in [4.78, 5) is 22.3. The van der Waals surface area contributed by atoms with Gasteiger partial charge in [0.1, 0.15) is 0 Å². The standard InChI is InChI=1S/C18H21N3O3/c1-14(13-19-16-7-3-2-4-8-16)20-18(22)11-10-15-6-5-9-17(12-15)21(23)24/h2-9,12,14,19H,10-11,13H2,1H3,(H,20,22)/t14-/m1/s1. The molecular weight excluding hydrogens is 306 g/mol. The van der Waals surface area contributed by atoms with Crippen molar-refractivity contribution >= 4 is 17.3 Å². The molecule has 24 heavy (non-hydrogen) atoms. The zero-order valence-electron chi connectivity index (χ0n) is 13.6. The molecule has 0 spiro atoms. The number of para-hydroxylation sites is 1. The van der Waals surface area contributed by atoms with Crippen LogP contribution in [-0.2, 0) is 11.2 Å². The van der Waals surface area contributed by atoms with E-state index in [2.05, 4.69) is 10.6 Å². The highest BCUT2D eigenvalue weighted by Crippen LogP contribution is 2.14. The minimum absolute atomic E-state index is 0.0113. The number of hydrogen-bond donors (Lipinski definition) is 2. The number of rotatable bonds is 8. The molecule has 2 rings (SSSR count). The Labute approximate surface area is 141 Å². The van der Waals surface area contributed by atoms with E-state index in [0.717, 1.165) is 11.3 Å². The highest BCUT2D eigenvalue weighted by molar-refractivity contribution is 5.76. The molecule has 0 heterocycles. The molecule has 2 N–H and O–H groups in total. The first-order chi connectivity index (χ1) is 11.5. The smallest absolute Gasteiger partial charge is 0.269 e. The summed E-state index contributed by atoms with van der Waals surface area (Å²) >= 11 is 0. The lowest BCUT2D eigenvalue weighted by atomic mass is 10.1. The molecule has 0 saturated heterocycles. The van der Waals surface area contributed by atoms with Gasteiger partial charge < -0.3 is 10.6 Å². The van der Waals surface area contributed by atoms with Crippen molar-refractivity contribution in [1.82, 2.24) is 5.32 Å². The zero-order chi connectivity index (χ0) is 17.4. The van der Waals surface area contributed by atoms with Crippen molar-refractivity contribution in [1.29, 1.82) is 0 Å². The first kappa shape index (κ1) is 17.5. The van der Waals surface area contributed by atoms with Gasteiger partial charge in [-0.2, -0.15) is 0 Å². The maximum absolute atomic E-state index is 12.0. The fraction of sp³-hybridized carbons (Fsp3) is 0.278. The predicted molar refractivity (Wildman–Crippen MR) is 94.0 cm³/mol. The second-order valence-corrected chi connectivity index (χ2v) is 5.64. The molecule has 0 aliphatic carbocycles. The van der Waals surface area contributed by atoms with Crippen molar-refractivity contribution in [2.45, 2.75) is 25.8 Å². The van der Waals surface area contributed by atoms with Gasteiger partial charge in [0.2, 0.25) is 5.91 Å². The summed E-state index contributed by atoms with van der Waals surface area (Å²) in [7, 11) is 0. The fourth-order valence-corrected chi connectivity index (χ4v) is 2.31. The van der Waals surface area contributed by atoms with E-state index in [1.807, 2.05) is 37.3 Å². The normalized spacial score (nSPS) is 11.5. The van der Waals surface area contributed by atoms with Crippen molar-refractivity contribution in [2.24, 2.45) is 0 Å². The van der Waals surface area contributed by atoms with Crippen LogP contribution in [0.15, 0.2) is 54.6 Å². The number of carbonyl (C=O) groups excluding carboxylic acids is 1. The van der Waals surface area contributed by atoms with Gasteiger partial charge in [-0.15, -0.1) is 0 Å². The Morgan fingerprint density at radius 3 is 2.62 bits per heavy atom. The Balaban J connectivity index is 1.74. The minimum Gasteiger partial charge on any atom is -0.383 e. The van der Waals surface area contributed by atoms with Crippen LogP contribution in [0.1, 0.15) is 18.9 Å². The largest absolute Gasteiger partial charge is 0.383 e. The van der Waals surface area contributed by atoms with Crippen LogP contribution in [0.3, 0.4) is 0 Å². The number of amides is 1. The molecule has 126 valence electrons. The van der Waals surface area contributed by atoms with Gasteiger partial charge in [0, 0.05) is 36.8 Å². The van der Waals surface area contributed by atoms with Gasteiger partial charge in [0.05, 0.1) is 4.92 Å². The summed E-state index contributed by atoms with van der Waals surface area (Å²) < 4.78 is 0. The first-order valence-corrected chi connectivity index (χ1v) is 7.86. The van der Waals surface area contributed by atoms with Crippen LogP contribution in [0.25, 0.3) is 0 Å². The quantitative estimate of drug-likeness (QED) is 0.576. The molecular formula is C18H21N3O3. The van der Waals surface area contributed by atoms with Crippen LogP contribution < -0.4 is 10.6 Å². The number of non-ortho nitro benzene ring substituents is 1. The Hall–Kier alpha value is -2.89. The van der Waals surface area contributed by atoms with E-state index in [4.69, 9.17) is 0 Å². The SMILES string of the molecule is C[C@H](CNc1ccccc1)NC(=O)CCc1cccc([N+](=O)[O-])c1. The lowest BCUT2D eigenvalue weighted by Gasteiger charge is -2.15. The van der Waals surface area contributed by atoms with E-state index in [1.54, 1.807) is 12.1 Å². The second kappa shape index (κ2) is 8.67. The van der Waals surface area contributed by atoms with Crippen LogP contribution in [0.2, 0.25) is 0 Å². The molecule has 0 aromatic heterocycles. The number of anilines is 1. The molecule has 6 nitrogen and oxygen atoms in total. The number of nitrogens with zero attached hydrogens (tertiary/aromatic N) is 1. The molecule has 0 aliphatic rings. The third-order valence-corrected chi connectivity index (χ3v) is 3.56. The van der Waals surface area contributed by atoms with Crippen LogP contribution in [0.4, 0.5) is 11.4 Å². The Morgan fingerprint density at radius 2 is 1.92 bits per heavy atom. The van der Waals surface area contributed by atoms with Gasteiger partial charge in [-0.1, -0.05) is 30.3 Å². The van der Waals surface area contributed by atoms with Crippen LogP contribution in [0.5, 0.6) is 0 Å². The average molecular weight is 327 g/mol. The molecule has 1 amide bonds. The van der Waals surface area contributed by atoms with E-state index in [0.29, 0.717) is 19.4 Å². The van der Waals surface area contributed by atoms with Gasteiger partial charge in [-0.25, -0.2) is 0 Å². The van der Waals surface area contributed by atoms with Crippen LogP contribution in [-0.4, -0.2) is 23.4 Å². The summed E-state index contributed by atoms with van der Waals surface area (Å²) in [6.07, 6.45) is 0.781. The van der Waals surface area contributed by atoms with Gasteiger partial charge in [-0.3, -0.25) is 14.9 Å². The maximum Gasteiger partial charge on any atom is 0.269 e. The molecule has 0 saturated carbocycles. The van der Waals surface area contributed by atoms with Crippen molar-refractivity contribution in [2.75, 3.05) is 11.9 Å². The molecule has 2 aromatic rings. The highest BCUT2D eigenvalue weighted by Gasteiger charge is 2.09. The lowest BCUT2D eigenvalue weighted by molar-refractivity contribution is -0.384. The van der Waals surface area contributed by atoms with Crippen LogP contribution >= 0.6 is 0 Å². The Morgan fingerprint density at radius 1 is 1.17 bits per heavy atom. The van der Waals surface area contributed by atoms with E-state index < -0.39 is 4.92 Å². The summed E-state index contributed by atoms with van der Waals surface area (Å²) in [5.41, 5.74) is 1.85. The topological polar surface area (TPSA) is 84.3 Å². The van der Waals surface area contributed by atoms with E-state index in [9.17, 15) is 14.9 Å². The monoisotopic (exact) mass is 327 g/mol. The van der Waals surface area contributed by atoms with Crippen molar-refractivity contribution in [3.8, 4) is 0 Å². The van der Waals surface area contributed by atoms with Crippen molar-refractivity contribution in [3.05, 3.63) is 70.3 Å². The molecule has 1 atom stereocenters. The zero-order valence-corrected chi connectivity index (χ0v) is 13.6. The van der Waals surface area contributed by atoms with Gasteiger partial charge >= 0.3 is 0 Å². The van der Waals surface area contributed by atoms with Gasteiger partial charge in [0.25, 0.3) is 5.69 Å².